The van der Waals surface area contributed by atoms with Crippen LogP contribution in [0.3, 0.4) is 0 Å². The Balaban J connectivity index is 1.88. The lowest BCUT2D eigenvalue weighted by atomic mass is 9.54. The van der Waals surface area contributed by atoms with Crippen molar-refractivity contribution in [3.63, 3.8) is 0 Å². The van der Waals surface area contributed by atoms with Crippen molar-refractivity contribution in [2.24, 2.45) is 17.8 Å². The molecule has 4 aliphatic rings. The van der Waals surface area contributed by atoms with Crippen molar-refractivity contribution < 1.29 is 9.53 Å². The van der Waals surface area contributed by atoms with Crippen LogP contribution in [0.5, 0.6) is 0 Å². The minimum atomic E-state index is -0.281. The van der Waals surface area contributed by atoms with E-state index in [1.807, 2.05) is 0 Å². The maximum Gasteiger partial charge on any atom is 0.333 e. The number of carbonyl (C=O) groups is 1. The molecule has 2 nitrogen and oxygen atoms in total. The van der Waals surface area contributed by atoms with Gasteiger partial charge in [0, 0.05) is 17.4 Å². The van der Waals surface area contributed by atoms with Crippen LogP contribution in [0.2, 0.25) is 0 Å². The predicted octanol–water partition coefficient (Wildman–Crippen LogP) is 3.24. The van der Waals surface area contributed by atoms with Gasteiger partial charge in [0.1, 0.15) is 5.60 Å². The second-order valence-electron chi connectivity index (χ2n) is 6.23. The molecule has 4 bridgehead atoms. The van der Waals surface area contributed by atoms with Crippen molar-refractivity contribution in [3.8, 4) is 0 Å². The van der Waals surface area contributed by atoms with E-state index in [1.54, 1.807) is 12.5 Å². The van der Waals surface area contributed by atoms with E-state index in [4.69, 9.17) is 4.74 Å². The van der Waals surface area contributed by atoms with Crippen molar-refractivity contribution in [2.45, 2.75) is 45.1 Å². The highest BCUT2D eigenvalue weighted by atomic mass is 16.6. The predicted molar refractivity (Wildman–Crippen MR) is 66.3 cm³/mol. The first-order chi connectivity index (χ1) is 7.99. The Hall–Kier alpha value is -1.05. The Morgan fingerprint density at radius 2 is 2.24 bits per heavy atom. The van der Waals surface area contributed by atoms with E-state index in [9.17, 15) is 4.79 Å². The normalized spacial score (nSPS) is 42.2. The number of rotatable bonds is 2. The molecule has 4 rings (SSSR count). The van der Waals surface area contributed by atoms with Crippen LogP contribution < -0.4 is 0 Å². The zero-order valence-corrected chi connectivity index (χ0v) is 10.7. The summed E-state index contributed by atoms with van der Waals surface area (Å²) in [4.78, 5) is 11.8. The second-order valence-corrected chi connectivity index (χ2v) is 6.23. The number of hydrogen-bond acceptors (Lipinski definition) is 2. The Bertz CT molecular complexity index is 421. The monoisotopic (exact) mass is 232 g/mol. The van der Waals surface area contributed by atoms with Crippen LogP contribution in [-0.2, 0) is 9.53 Å². The molecule has 0 aromatic rings. The summed E-state index contributed by atoms with van der Waals surface area (Å²) in [6.45, 7) is 7.52. The summed E-state index contributed by atoms with van der Waals surface area (Å²) in [7, 11) is 0. The first-order valence-corrected chi connectivity index (χ1v) is 6.57. The summed E-state index contributed by atoms with van der Waals surface area (Å²) in [5, 5.41) is 0. The van der Waals surface area contributed by atoms with Gasteiger partial charge in [-0.2, -0.15) is 0 Å². The molecule has 0 saturated heterocycles. The highest BCUT2D eigenvalue weighted by Gasteiger charge is 2.54. The van der Waals surface area contributed by atoms with Crippen LogP contribution in [0.15, 0.2) is 23.8 Å². The molecule has 0 aliphatic heterocycles. The third-order valence-corrected chi connectivity index (χ3v) is 4.91. The van der Waals surface area contributed by atoms with E-state index in [1.165, 1.54) is 19.3 Å². The molecule has 0 aromatic heterocycles. The van der Waals surface area contributed by atoms with Crippen molar-refractivity contribution in [3.05, 3.63) is 23.8 Å². The maximum absolute atomic E-state index is 11.8. The zero-order valence-electron chi connectivity index (χ0n) is 10.7. The molecule has 0 radical (unpaired) electrons. The van der Waals surface area contributed by atoms with Crippen LogP contribution in [0.25, 0.3) is 0 Å². The molecule has 0 N–H and O–H groups in total. The van der Waals surface area contributed by atoms with Gasteiger partial charge in [-0.1, -0.05) is 18.2 Å². The third-order valence-electron chi connectivity index (χ3n) is 4.91. The van der Waals surface area contributed by atoms with E-state index >= 15 is 0 Å². The molecule has 4 atom stereocenters. The Labute approximate surface area is 103 Å². The van der Waals surface area contributed by atoms with Crippen LogP contribution in [0.1, 0.15) is 39.5 Å². The van der Waals surface area contributed by atoms with Crippen molar-refractivity contribution in [1.29, 1.82) is 0 Å². The number of ether oxygens (including phenoxy) is 1. The quantitative estimate of drug-likeness (QED) is 0.415. The van der Waals surface area contributed by atoms with Gasteiger partial charge in [-0.05, 0) is 45.4 Å². The van der Waals surface area contributed by atoms with Gasteiger partial charge in [0.2, 0.25) is 0 Å². The minimum Gasteiger partial charge on any atom is -0.455 e. The van der Waals surface area contributed by atoms with E-state index in [0.717, 1.165) is 12.3 Å². The van der Waals surface area contributed by atoms with Gasteiger partial charge in [0.15, 0.2) is 0 Å². The van der Waals surface area contributed by atoms with Crippen LogP contribution in [-0.4, -0.2) is 11.6 Å². The fraction of sp³-hybridized carbons (Fsp3) is 0.667. The summed E-state index contributed by atoms with van der Waals surface area (Å²) < 4.78 is 5.79. The lowest BCUT2D eigenvalue weighted by molar-refractivity contribution is -0.175. The molecule has 4 unspecified atom stereocenters. The molecule has 17 heavy (non-hydrogen) atoms. The van der Waals surface area contributed by atoms with Crippen LogP contribution in [0.4, 0.5) is 0 Å². The molecule has 0 heterocycles. The molecular formula is C15H20O2. The second kappa shape index (κ2) is 3.47. The molecule has 2 fully saturated rings. The van der Waals surface area contributed by atoms with E-state index < -0.39 is 0 Å². The van der Waals surface area contributed by atoms with Gasteiger partial charge in [0.05, 0.1) is 0 Å². The van der Waals surface area contributed by atoms with Gasteiger partial charge in [-0.15, -0.1) is 0 Å². The standard InChI is InChI=1S/C15H20O2/c1-9(2)14(16)17-15(3)12-5-10-4-11(7-12)8-13(15)6-10/h5,11-13H,1,4,6-8H2,2-3H3. The average Bonchev–Trinajstić information content (AvgIpc) is 2.25. The molecule has 92 valence electrons. The molecule has 4 aliphatic carbocycles. The zero-order chi connectivity index (χ0) is 12.2. The highest BCUT2D eigenvalue weighted by Crippen LogP contribution is 2.56. The Morgan fingerprint density at radius 3 is 2.82 bits per heavy atom. The fourth-order valence-electron chi connectivity index (χ4n) is 3.95. The minimum absolute atomic E-state index is 0.224. The molecule has 2 heteroatoms. The van der Waals surface area contributed by atoms with Crippen LogP contribution in [0, 0.1) is 17.8 Å². The average molecular weight is 232 g/mol. The summed E-state index contributed by atoms with van der Waals surface area (Å²) in [5.41, 5.74) is 1.83. The number of hydrogen-bond donors (Lipinski definition) is 0. The first-order valence-electron chi connectivity index (χ1n) is 6.57. The lowest BCUT2D eigenvalue weighted by Crippen LogP contribution is -2.54. The first kappa shape index (κ1) is 11.1. The van der Waals surface area contributed by atoms with Gasteiger partial charge >= 0.3 is 5.97 Å². The molecule has 0 aromatic carbocycles. The topological polar surface area (TPSA) is 26.3 Å². The van der Waals surface area contributed by atoms with E-state index in [-0.39, 0.29) is 11.6 Å². The molecule has 0 spiro atoms. The fourth-order valence-corrected chi connectivity index (χ4v) is 3.95. The summed E-state index contributed by atoms with van der Waals surface area (Å²) >= 11 is 0. The Kier molecular flexibility index (Phi) is 2.26. The number of carbonyl (C=O) groups excluding carboxylic acids is 1. The molecule has 2 saturated carbocycles. The summed E-state index contributed by atoms with van der Waals surface area (Å²) in [6.07, 6.45) is 7.22. The number of esters is 1. The van der Waals surface area contributed by atoms with Gasteiger partial charge < -0.3 is 4.74 Å². The van der Waals surface area contributed by atoms with Crippen molar-refractivity contribution in [2.75, 3.05) is 0 Å². The maximum atomic E-state index is 11.8. The third kappa shape index (κ3) is 1.57. The number of allylic oxidation sites excluding steroid dienone is 1. The summed E-state index contributed by atoms with van der Waals surface area (Å²) in [6, 6.07) is 0. The largest absolute Gasteiger partial charge is 0.455 e. The van der Waals surface area contributed by atoms with E-state index in [0.29, 0.717) is 17.4 Å². The lowest BCUT2D eigenvalue weighted by Gasteiger charge is -2.55. The van der Waals surface area contributed by atoms with Gasteiger partial charge in [-0.3, -0.25) is 0 Å². The molecular weight excluding hydrogens is 212 g/mol. The van der Waals surface area contributed by atoms with E-state index in [2.05, 4.69) is 19.6 Å². The van der Waals surface area contributed by atoms with Crippen molar-refractivity contribution >= 4 is 5.97 Å². The highest BCUT2D eigenvalue weighted by molar-refractivity contribution is 5.87. The molecule has 0 amide bonds. The Morgan fingerprint density at radius 1 is 1.47 bits per heavy atom. The smallest absolute Gasteiger partial charge is 0.333 e. The van der Waals surface area contributed by atoms with Gasteiger partial charge in [-0.25, -0.2) is 4.79 Å². The van der Waals surface area contributed by atoms with Crippen molar-refractivity contribution in [1.82, 2.24) is 0 Å². The van der Waals surface area contributed by atoms with Crippen LogP contribution >= 0.6 is 0 Å². The van der Waals surface area contributed by atoms with Gasteiger partial charge in [0.25, 0.3) is 0 Å². The SMILES string of the molecule is C=C(C)C(=O)OC1(C)C2C=C3CC(C2)CC1C3. The summed E-state index contributed by atoms with van der Waals surface area (Å²) in [5.74, 6) is 1.59.